The zero-order valence-corrected chi connectivity index (χ0v) is 14.9. The molecule has 1 aliphatic rings. The Morgan fingerprint density at radius 2 is 2.00 bits per heavy atom. The maximum absolute atomic E-state index is 9.50. The van der Waals surface area contributed by atoms with Gasteiger partial charge in [0.25, 0.3) is 0 Å². The lowest BCUT2D eigenvalue weighted by Crippen LogP contribution is -2.29. The number of aryl methyl sites for hydroxylation is 1. The predicted octanol–water partition coefficient (Wildman–Crippen LogP) is 5.67. The van der Waals surface area contributed by atoms with Gasteiger partial charge in [-0.05, 0) is 55.0 Å². The fourth-order valence-corrected chi connectivity index (χ4v) is 3.72. The summed E-state index contributed by atoms with van der Waals surface area (Å²) in [7, 11) is 0. The van der Waals surface area contributed by atoms with Crippen LogP contribution in [0.4, 0.5) is 5.69 Å². The van der Waals surface area contributed by atoms with Crippen molar-refractivity contribution in [2.75, 3.05) is 11.4 Å². The summed E-state index contributed by atoms with van der Waals surface area (Å²) in [6.07, 6.45) is 3.77. The Hall–Kier alpha value is -1.93. The van der Waals surface area contributed by atoms with Crippen LogP contribution in [0, 0.1) is 6.92 Å². The van der Waals surface area contributed by atoms with Crippen molar-refractivity contribution in [1.29, 1.82) is 0 Å². The Bertz CT molecular complexity index is 723. The molecule has 2 aromatic carbocycles. The number of aliphatic hydroxyl groups excluding tert-OH is 1. The van der Waals surface area contributed by atoms with Crippen LogP contribution in [-0.2, 0) is 6.42 Å². The maximum atomic E-state index is 9.50. The molecule has 3 rings (SSSR count). The average Bonchev–Trinajstić information content (AvgIpc) is 3.00. The van der Waals surface area contributed by atoms with E-state index >= 15 is 0 Å². The standard InChI is InChI=1S/C21H24ClNO/c1-15-5-3-6-18(21(15)22)14-17-8-10-19(11-9-17)23-12-4-7-20(23)13-16(2)24/h3,5-6,8-11,20,24H,2,4,7,12-14H2,1H3. The lowest BCUT2D eigenvalue weighted by molar-refractivity contribution is 0.376. The fourth-order valence-electron chi connectivity index (χ4n) is 3.53. The van der Waals surface area contributed by atoms with Gasteiger partial charge in [0.2, 0.25) is 0 Å². The summed E-state index contributed by atoms with van der Waals surface area (Å²) in [4.78, 5) is 2.38. The molecule has 3 heteroatoms. The van der Waals surface area contributed by atoms with Gasteiger partial charge >= 0.3 is 0 Å². The fraction of sp³-hybridized carbons (Fsp3) is 0.333. The van der Waals surface area contributed by atoms with Gasteiger partial charge in [-0.1, -0.05) is 48.5 Å². The minimum Gasteiger partial charge on any atom is -0.513 e. The van der Waals surface area contributed by atoms with Crippen molar-refractivity contribution in [3.05, 3.63) is 76.5 Å². The minimum atomic E-state index is 0.276. The summed E-state index contributed by atoms with van der Waals surface area (Å²) in [6.45, 7) is 6.72. The van der Waals surface area contributed by atoms with Gasteiger partial charge in [0.15, 0.2) is 0 Å². The van der Waals surface area contributed by atoms with Gasteiger partial charge in [0, 0.05) is 29.7 Å². The molecule has 0 radical (unpaired) electrons. The van der Waals surface area contributed by atoms with Crippen LogP contribution in [0.2, 0.25) is 5.02 Å². The summed E-state index contributed by atoms with van der Waals surface area (Å²) in [5.41, 5.74) is 4.77. The lowest BCUT2D eigenvalue weighted by Gasteiger charge is -2.26. The second-order valence-electron chi connectivity index (χ2n) is 6.65. The molecule has 2 nitrogen and oxygen atoms in total. The molecular weight excluding hydrogens is 318 g/mol. The molecule has 1 aliphatic heterocycles. The minimum absolute atomic E-state index is 0.276. The molecule has 126 valence electrons. The second kappa shape index (κ2) is 7.31. The summed E-state index contributed by atoms with van der Waals surface area (Å²) < 4.78 is 0. The predicted molar refractivity (Wildman–Crippen MR) is 102 cm³/mol. The van der Waals surface area contributed by atoms with Gasteiger partial charge in [0.1, 0.15) is 0 Å². The molecule has 1 N–H and O–H groups in total. The van der Waals surface area contributed by atoms with Crippen molar-refractivity contribution in [2.24, 2.45) is 0 Å². The van der Waals surface area contributed by atoms with E-state index in [2.05, 4.69) is 47.9 Å². The highest BCUT2D eigenvalue weighted by atomic mass is 35.5. The first-order valence-electron chi connectivity index (χ1n) is 8.51. The molecule has 1 heterocycles. The maximum Gasteiger partial charge on any atom is 0.0871 e. The van der Waals surface area contributed by atoms with E-state index in [0.717, 1.165) is 30.0 Å². The van der Waals surface area contributed by atoms with Crippen molar-refractivity contribution >= 4 is 17.3 Å². The summed E-state index contributed by atoms with van der Waals surface area (Å²) in [6, 6.07) is 15.3. The molecule has 1 fully saturated rings. The van der Waals surface area contributed by atoms with Crippen molar-refractivity contribution < 1.29 is 5.11 Å². The van der Waals surface area contributed by atoms with Gasteiger partial charge in [-0.2, -0.15) is 0 Å². The lowest BCUT2D eigenvalue weighted by atomic mass is 10.0. The first kappa shape index (κ1) is 16.9. The third kappa shape index (κ3) is 3.76. The van der Waals surface area contributed by atoms with Crippen molar-refractivity contribution in [2.45, 2.75) is 38.6 Å². The second-order valence-corrected chi connectivity index (χ2v) is 7.03. The van der Waals surface area contributed by atoms with E-state index in [1.807, 2.05) is 13.0 Å². The third-order valence-electron chi connectivity index (χ3n) is 4.78. The quantitative estimate of drug-likeness (QED) is 0.708. The highest BCUT2D eigenvalue weighted by Crippen LogP contribution is 2.29. The number of halogens is 1. The van der Waals surface area contributed by atoms with Crippen LogP contribution >= 0.6 is 11.6 Å². The summed E-state index contributed by atoms with van der Waals surface area (Å²) >= 11 is 6.41. The van der Waals surface area contributed by atoms with Crippen LogP contribution in [0.3, 0.4) is 0 Å². The molecule has 0 bridgehead atoms. The topological polar surface area (TPSA) is 23.5 Å². The number of rotatable bonds is 5. The van der Waals surface area contributed by atoms with Gasteiger partial charge in [0.05, 0.1) is 5.76 Å². The van der Waals surface area contributed by atoms with Crippen LogP contribution in [0.5, 0.6) is 0 Å². The highest BCUT2D eigenvalue weighted by Gasteiger charge is 2.25. The largest absolute Gasteiger partial charge is 0.513 e. The van der Waals surface area contributed by atoms with E-state index in [-0.39, 0.29) is 5.76 Å². The van der Waals surface area contributed by atoms with E-state index in [1.165, 1.54) is 23.2 Å². The molecule has 1 saturated heterocycles. The Morgan fingerprint density at radius 3 is 2.71 bits per heavy atom. The first-order chi connectivity index (χ1) is 11.5. The molecule has 24 heavy (non-hydrogen) atoms. The van der Waals surface area contributed by atoms with Gasteiger partial charge < -0.3 is 10.0 Å². The molecular formula is C21H24ClNO. The van der Waals surface area contributed by atoms with Crippen molar-refractivity contribution in [3.8, 4) is 0 Å². The van der Waals surface area contributed by atoms with Crippen LogP contribution in [-0.4, -0.2) is 17.7 Å². The van der Waals surface area contributed by atoms with E-state index in [9.17, 15) is 5.11 Å². The SMILES string of the molecule is C=C(O)CC1CCCN1c1ccc(Cc2cccc(C)c2Cl)cc1. The van der Waals surface area contributed by atoms with E-state index < -0.39 is 0 Å². The summed E-state index contributed by atoms with van der Waals surface area (Å²) in [5, 5.41) is 10.4. The van der Waals surface area contributed by atoms with Gasteiger partial charge in [-0.3, -0.25) is 0 Å². The Kier molecular flexibility index (Phi) is 5.15. The molecule has 2 aromatic rings. The van der Waals surface area contributed by atoms with Crippen LogP contribution in [0.25, 0.3) is 0 Å². The van der Waals surface area contributed by atoms with Gasteiger partial charge in [-0.25, -0.2) is 0 Å². The first-order valence-corrected chi connectivity index (χ1v) is 8.88. The number of hydrogen-bond donors (Lipinski definition) is 1. The Morgan fingerprint density at radius 1 is 1.25 bits per heavy atom. The zero-order chi connectivity index (χ0) is 17.1. The van der Waals surface area contributed by atoms with E-state index in [1.54, 1.807) is 0 Å². The summed E-state index contributed by atoms with van der Waals surface area (Å²) in [5.74, 6) is 0.276. The number of anilines is 1. The van der Waals surface area contributed by atoms with Crippen LogP contribution in [0.15, 0.2) is 54.8 Å². The molecule has 0 aliphatic carbocycles. The number of benzene rings is 2. The Labute approximate surface area is 149 Å². The normalized spacial score (nSPS) is 17.2. The molecule has 1 atom stereocenters. The molecule has 1 unspecified atom stereocenters. The van der Waals surface area contributed by atoms with Crippen LogP contribution in [0.1, 0.15) is 36.0 Å². The molecule has 0 aromatic heterocycles. The van der Waals surface area contributed by atoms with Crippen LogP contribution < -0.4 is 4.90 Å². The van der Waals surface area contributed by atoms with E-state index in [0.29, 0.717) is 12.5 Å². The zero-order valence-electron chi connectivity index (χ0n) is 14.1. The highest BCUT2D eigenvalue weighted by molar-refractivity contribution is 6.32. The number of nitrogens with zero attached hydrogens (tertiary/aromatic N) is 1. The number of aliphatic hydroxyl groups is 1. The Balaban J connectivity index is 1.73. The monoisotopic (exact) mass is 341 g/mol. The van der Waals surface area contributed by atoms with Gasteiger partial charge in [-0.15, -0.1) is 0 Å². The molecule has 0 saturated carbocycles. The third-order valence-corrected chi connectivity index (χ3v) is 5.32. The molecule has 0 amide bonds. The van der Waals surface area contributed by atoms with E-state index in [4.69, 9.17) is 11.6 Å². The van der Waals surface area contributed by atoms with Crippen molar-refractivity contribution in [3.63, 3.8) is 0 Å². The van der Waals surface area contributed by atoms with Crippen molar-refractivity contribution in [1.82, 2.24) is 0 Å². The average molecular weight is 342 g/mol. The smallest absolute Gasteiger partial charge is 0.0871 e. The number of hydrogen-bond acceptors (Lipinski definition) is 2. The molecule has 0 spiro atoms.